The number of alkyl halides is 1. The second-order valence-electron chi connectivity index (χ2n) is 10.1. The normalized spacial score (nSPS) is 40.2. The van der Waals surface area contributed by atoms with Crippen molar-refractivity contribution < 1.29 is 71.8 Å². The molecule has 1 aliphatic carbocycles. The number of nitrogens with two attached hydrogens (primary N) is 1. The second kappa shape index (κ2) is 11.8. The summed E-state index contributed by atoms with van der Waals surface area (Å²) in [6, 6.07) is 0. The zero-order valence-corrected chi connectivity index (χ0v) is 25.1. The van der Waals surface area contributed by atoms with Crippen LogP contribution in [0.2, 0.25) is 0 Å². The highest BCUT2D eigenvalue weighted by molar-refractivity contribution is 8.08. The quantitative estimate of drug-likeness (QED) is 0.0833. The summed E-state index contributed by atoms with van der Waals surface area (Å²) in [5, 5.41) is 59.0. The predicted molar refractivity (Wildman–Crippen MR) is 143 cm³/mol. The van der Waals surface area contributed by atoms with E-state index in [1.54, 1.807) is 0 Å². The van der Waals surface area contributed by atoms with E-state index in [0.29, 0.717) is 0 Å². The summed E-state index contributed by atoms with van der Waals surface area (Å²) >= 11 is 4.80. The fraction of sp³-hybridized carbons (Fsp3) is 0.700. The Morgan fingerprint density at radius 1 is 1.32 bits per heavy atom. The highest BCUT2D eigenvalue weighted by Crippen LogP contribution is 2.65. The van der Waals surface area contributed by atoms with Crippen LogP contribution in [0.15, 0.2) is 19.0 Å². The number of hydrogen-bond donors (Lipinski definition) is 8. The largest absolute Gasteiger partial charge is 0.481 e. The van der Waals surface area contributed by atoms with Gasteiger partial charge in [0.2, 0.25) is 0 Å². The van der Waals surface area contributed by atoms with Gasteiger partial charge in [-0.1, -0.05) is 17.9 Å². The molecule has 20 nitrogen and oxygen atoms in total. The van der Waals surface area contributed by atoms with Gasteiger partial charge in [-0.2, -0.15) is 4.68 Å². The number of aliphatic hydroxyl groups excluding tert-OH is 4. The first-order valence-corrected chi connectivity index (χ1v) is 16.7. The first-order chi connectivity index (χ1) is 20.6. The van der Waals surface area contributed by atoms with Crippen LogP contribution in [0.3, 0.4) is 0 Å². The number of rotatable bonds is 12. The van der Waals surface area contributed by atoms with E-state index in [0.717, 1.165) is 11.0 Å². The van der Waals surface area contributed by atoms with Crippen LogP contribution >= 0.6 is 14.5 Å². The van der Waals surface area contributed by atoms with Gasteiger partial charge in [-0.25, -0.2) is 23.2 Å². The number of phosphoric ester groups is 1. The number of aromatic nitrogens is 5. The molecule has 2 aliphatic heterocycles. The standard InChI is InChI=1S/C20H29FN6O14P2S/c1-3-19(36-2)14(31)8(38-18(19)27-16-11(25-26-27)15(22)23-6-24-16)5-37-43(35,44)41-42(33,34)40-17-10-13(30)12(29)9(7(21)4-28)20(10,32)39-17/h3,6-10,12-14,17-18,28-32H,1,4-5H2,2H3,(H,33,34)(H,35,44)(H2,22,23,24)/t7-,8+,9?,10?,12?,13?,14+,17?,18+,19+,20?,43?/m0/s1. The fourth-order valence-corrected chi connectivity index (χ4v) is 8.71. The Kier molecular flexibility index (Phi) is 9.06. The molecule has 2 saturated heterocycles. The molecule has 246 valence electrons. The zero-order chi connectivity index (χ0) is 32.4. The summed E-state index contributed by atoms with van der Waals surface area (Å²) < 4.78 is 58.8. The van der Waals surface area contributed by atoms with Gasteiger partial charge in [0.1, 0.15) is 24.7 Å². The van der Waals surface area contributed by atoms with Crippen LogP contribution in [-0.2, 0) is 43.9 Å². The summed E-state index contributed by atoms with van der Waals surface area (Å²) in [6.07, 6.45) is -9.80. The highest BCUT2D eigenvalue weighted by atomic mass is 32.5. The van der Waals surface area contributed by atoms with E-state index < -0.39 is 94.1 Å². The molecule has 8 unspecified atom stereocenters. The van der Waals surface area contributed by atoms with Crippen LogP contribution in [0.5, 0.6) is 0 Å². The van der Waals surface area contributed by atoms with Crippen molar-refractivity contribution in [1.29, 1.82) is 0 Å². The summed E-state index contributed by atoms with van der Waals surface area (Å²) in [5.41, 5.74) is 4.36. The van der Waals surface area contributed by atoms with Gasteiger partial charge < -0.3 is 59.8 Å². The Morgan fingerprint density at radius 3 is 2.66 bits per heavy atom. The molecule has 2 aromatic rings. The molecule has 0 spiro atoms. The summed E-state index contributed by atoms with van der Waals surface area (Å²) in [7, 11) is -4.16. The van der Waals surface area contributed by atoms with E-state index in [1.165, 1.54) is 13.2 Å². The van der Waals surface area contributed by atoms with E-state index >= 15 is 0 Å². The van der Waals surface area contributed by atoms with Gasteiger partial charge >= 0.3 is 14.5 Å². The molecule has 0 aromatic carbocycles. The molecule has 0 bridgehead atoms. The Labute approximate surface area is 251 Å². The maximum atomic E-state index is 14.1. The average molecular weight is 690 g/mol. The lowest BCUT2D eigenvalue weighted by atomic mass is 9.87. The molecule has 1 saturated carbocycles. The van der Waals surface area contributed by atoms with E-state index in [9.17, 15) is 39.2 Å². The maximum Gasteiger partial charge on any atom is 0.481 e. The first-order valence-electron chi connectivity index (χ1n) is 12.6. The lowest BCUT2D eigenvalue weighted by Crippen LogP contribution is -2.64. The molecule has 5 rings (SSSR count). The van der Waals surface area contributed by atoms with Gasteiger partial charge in [0.25, 0.3) is 0 Å². The number of halogens is 1. The van der Waals surface area contributed by atoms with Gasteiger partial charge in [0.05, 0.1) is 37.3 Å². The molecule has 3 aliphatic rings. The van der Waals surface area contributed by atoms with Crippen molar-refractivity contribution in [2.45, 2.75) is 54.5 Å². The Bertz CT molecular complexity index is 1510. The average Bonchev–Trinajstić information content (AvgIpc) is 3.53. The van der Waals surface area contributed by atoms with Gasteiger partial charge in [-0.15, -0.1) is 5.10 Å². The lowest BCUT2D eigenvalue weighted by molar-refractivity contribution is -0.426. The fourth-order valence-electron chi connectivity index (χ4n) is 5.61. The van der Waals surface area contributed by atoms with Gasteiger partial charge in [-0.3, -0.25) is 4.52 Å². The van der Waals surface area contributed by atoms with Crippen LogP contribution in [-0.4, -0.2) is 129 Å². The van der Waals surface area contributed by atoms with Crippen molar-refractivity contribution in [2.75, 3.05) is 26.1 Å². The number of phosphoric acid groups is 1. The minimum absolute atomic E-state index is 0.0160. The van der Waals surface area contributed by atoms with Crippen molar-refractivity contribution in [3.63, 3.8) is 0 Å². The molecular formula is C20H29FN6O14P2S. The number of aliphatic hydroxyl groups is 5. The minimum Gasteiger partial charge on any atom is -0.393 e. The van der Waals surface area contributed by atoms with E-state index in [-0.39, 0.29) is 17.0 Å². The number of ether oxygens (including phenoxy) is 3. The third-order valence-corrected chi connectivity index (χ3v) is 11.3. The molecule has 13 atom stereocenters. The molecular weight excluding hydrogens is 661 g/mol. The summed E-state index contributed by atoms with van der Waals surface area (Å²) in [4.78, 5) is 28.6. The number of anilines is 1. The third kappa shape index (κ3) is 5.41. The summed E-state index contributed by atoms with van der Waals surface area (Å²) in [5.74, 6) is -6.00. The molecule has 3 fully saturated rings. The van der Waals surface area contributed by atoms with Crippen LogP contribution in [0.1, 0.15) is 6.23 Å². The monoisotopic (exact) mass is 690 g/mol. The number of nitrogen functional groups attached to an aromatic ring is 1. The second-order valence-corrected chi connectivity index (χ2v) is 14.5. The molecule has 0 amide bonds. The predicted octanol–water partition coefficient (Wildman–Crippen LogP) is -2.66. The van der Waals surface area contributed by atoms with E-state index in [4.69, 9.17) is 45.9 Å². The molecule has 4 heterocycles. The SMILES string of the molecule is C=C[C@@]1(OC)[C@H](O)[C@@H](COP(O)(=S)OP(=O)(O)OC2OC3(O)C2C(O)C(O)C3[C@@H](F)CO)O[C@H]1n1nnc2c(N)ncnc21. The molecule has 24 heteroatoms. The zero-order valence-electron chi connectivity index (χ0n) is 22.5. The molecule has 2 aromatic heterocycles. The Balaban J connectivity index is 1.26. The number of nitrogens with zero attached hydrogens (tertiary/aromatic N) is 5. The Morgan fingerprint density at radius 2 is 2.02 bits per heavy atom. The van der Waals surface area contributed by atoms with Crippen LogP contribution < -0.4 is 5.73 Å². The Hall–Kier alpha value is -1.69. The van der Waals surface area contributed by atoms with Crippen molar-refractivity contribution in [2.24, 2.45) is 11.8 Å². The van der Waals surface area contributed by atoms with Crippen LogP contribution in [0, 0.1) is 11.8 Å². The molecule has 44 heavy (non-hydrogen) atoms. The van der Waals surface area contributed by atoms with Crippen molar-refractivity contribution >= 4 is 43.3 Å². The van der Waals surface area contributed by atoms with Gasteiger partial charge in [-0.05, 0) is 11.8 Å². The van der Waals surface area contributed by atoms with Crippen LogP contribution in [0.4, 0.5) is 10.2 Å². The van der Waals surface area contributed by atoms with Crippen molar-refractivity contribution in [1.82, 2.24) is 25.0 Å². The first kappa shape index (κ1) is 33.7. The van der Waals surface area contributed by atoms with Gasteiger partial charge in [0, 0.05) is 7.11 Å². The summed E-state index contributed by atoms with van der Waals surface area (Å²) in [6.45, 7) is -2.87. The van der Waals surface area contributed by atoms with Gasteiger partial charge in [0.15, 0.2) is 40.9 Å². The molecule has 0 radical (unpaired) electrons. The third-order valence-electron chi connectivity index (χ3n) is 7.74. The minimum atomic E-state index is -5.40. The van der Waals surface area contributed by atoms with E-state index in [2.05, 4.69) is 31.2 Å². The topological polar surface area (TPSA) is 297 Å². The maximum absolute atomic E-state index is 14.1. The van der Waals surface area contributed by atoms with Crippen molar-refractivity contribution in [3.8, 4) is 0 Å². The smallest absolute Gasteiger partial charge is 0.393 e. The van der Waals surface area contributed by atoms with Crippen LogP contribution in [0.25, 0.3) is 11.2 Å². The number of fused-ring (bicyclic) bond motifs is 2. The van der Waals surface area contributed by atoms with Crippen molar-refractivity contribution in [3.05, 3.63) is 19.0 Å². The number of hydrogen-bond acceptors (Lipinski definition) is 18. The lowest BCUT2D eigenvalue weighted by Gasteiger charge is -2.49. The highest BCUT2D eigenvalue weighted by Gasteiger charge is 2.74. The number of methoxy groups -OCH3 is 1. The molecule has 9 N–H and O–H groups in total. The van der Waals surface area contributed by atoms with E-state index in [1.807, 2.05) is 0 Å².